The summed E-state index contributed by atoms with van der Waals surface area (Å²) >= 11 is 1.75. The van der Waals surface area contributed by atoms with Crippen molar-refractivity contribution in [1.82, 2.24) is 19.9 Å². The van der Waals surface area contributed by atoms with Crippen LogP contribution in [0.5, 0.6) is 5.88 Å². The van der Waals surface area contributed by atoms with E-state index in [4.69, 9.17) is 20.6 Å². The van der Waals surface area contributed by atoms with Crippen molar-refractivity contribution in [2.75, 3.05) is 44.5 Å². The summed E-state index contributed by atoms with van der Waals surface area (Å²) in [6.07, 6.45) is 8.20. The number of nitrogen functional groups attached to an aromatic ring is 1. The number of morpholine rings is 1. The van der Waals surface area contributed by atoms with Crippen molar-refractivity contribution in [1.29, 1.82) is 5.41 Å². The lowest BCUT2D eigenvalue weighted by Crippen LogP contribution is -2.34. The van der Waals surface area contributed by atoms with E-state index in [9.17, 15) is 4.79 Å². The third-order valence-corrected chi connectivity index (χ3v) is 6.80. The number of methoxy groups -OCH3 is 1. The zero-order chi connectivity index (χ0) is 23.2. The number of fused-ring (bicyclic) bond motifs is 3. The maximum Gasteiger partial charge on any atom is 0.239 e. The summed E-state index contributed by atoms with van der Waals surface area (Å²) in [5.74, 6) is 1.38. The molecule has 3 aromatic heterocycles. The Morgan fingerprint density at radius 2 is 2.06 bits per heavy atom. The normalized spacial score (nSPS) is 15.2. The maximum atomic E-state index is 10.0. The van der Waals surface area contributed by atoms with Crippen molar-refractivity contribution < 1.29 is 14.3 Å². The number of pyridine rings is 1. The van der Waals surface area contributed by atoms with Gasteiger partial charge in [0, 0.05) is 29.7 Å². The molecule has 0 unspecified atom stereocenters. The van der Waals surface area contributed by atoms with Crippen LogP contribution in [0.4, 0.5) is 17.3 Å². The topological polar surface area (TPSA) is 139 Å². The molecule has 11 heteroatoms. The molecule has 174 valence electrons. The summed E-state index contributed by atoms with van der Waals surface area (Å²) in [7, 11) is 1.54. The smallest absolute Gasteiger partial charge is 0.239 e. The largest absolute Gasteiger partial charge is 0.479 e. The molecule has 2 aliphatic rings. The second-order valence-electron chi connectivity index (χ2n) is 7.66. The van der Waals surface area contributed by atoms with Crippen LogP contribution in [0.3, 0.4) is 0 Å². The molecule has 10 nitrogen and oxygen atoms in total. The van der Waals surface area contributed by atoms with Gasteiger partial charge < -0.3 is 30.8 Å². The summed E-state index contributed by atoms with van der Waals surface area (Å²) in [5.41, 5.74) is 8.35. The molecule has 0 spiro atoms. The Hall–Kier alpha value is -3.31. The molecule has 1 aliphatic carbocycles. The fourth-order valence-corrected chi connectivity index (χ4v) is 5.11. The number of anilines is 3. The standard InChI is InChI=1S/C17H18N6OS.C5H9NO2/c1-24-16-11(6-9(7-18)14(19)23-16)22-15-13-10-4-2-3-5-12(10)25-17(13)21-8-20-15;7-5-6-1-3-8-4-2-6/h6-8,18H,2-5H2,1H3,(H2,19,23)(H,20,21,22);5H,1-4H2. The third-order valence-electron chi connectivity index (χ3n) is 5.60. The fourth-order valence-electron chi connectivity index (χ4n) is 3.88. The first-order valence-corrected chi connectivity index (χ1v) is 11.6. The molecule has 3 aromatic rings. The van der Waals surface area contributed by atoms with Crippen molar-refractivity contribution in [2.24, 2.45) is 0 Å². The Morgan fingerprint density at radius 1 is 1.27 bits per heavy atom. The lowest BCUT2D eigenvalue weighted by atomic mass is 9.97. The van der Waals surface area contributed by atoms with E-state index in [0.717, 1.165) is 48.4 Å². The molecular weight excluding hydrogens is 442 g/mol. The Kier molecular flexibility index (Phi) is 7.30. The Bertz CT molecular complexity index is 1140. The van der Waals surface area contributed by atoms with Gasteiger partial charge in [0.05, 0.1) is 25.7 Å². The minimum atomic E-state index is 0.262. The maximum absolute atomic E-state index is 10.0. The van der Waals surface area contributed by atoms with E-state index in [0.29, 0.717) is 30.3 Å². The number of thiophene rings is 1. The van der Waals surface area contributed by atoms with Crippen molar-refractivity contribution in [3.05, 3.63) is 28.4 Å². The molecule has 1 fully saturated rings. The second-order valence-corrected chi connectivity index (χ2v) is 8.74. The van der Waals surface area contributed by atoms with E-state index in [-0.39, 0.29) is 5.82 Å². The first-order chi connectivity index (χ1) is 16.1. The van der Waals surface area contributed by atoms with Gasteiger partial charge in [-0.3, -0.25) is 4.79 Å². The van der Waals surface area contributed by atoms with Gasteiger partial charge in [-0.2, -0.15) is 4.98 Å². The van der Waals surface area contributed by atoms with Gasteiger partial charge in [0.1, 0.15) is 28.5 Å². The molecule has 4 N–H and O–H groups in total. The highest BCUT2D eigenvalue weighted by molar-refractivity contribution is 7.19. The van der Waals surface area contributed by atoms with Crippen LogP contribution in [0.15, 0.2) is 12.4 Å². The zero-order valence-electron chi connectivity index (χ0n) is 18.5. The Labute approximate surface area is 195 Å². The van der Waals surface area contributed by atoms with Gasteiger partial charge in [-0.25, -0.2) is 9.97 Å². The second kappa shape index (κ2) is 10.5. The van der Waals surface area contributed by atoms with Gasteiger partial charge in [-0.1, -0.05) is 0 Å². The highest BCUT2D eigenvalue weighted by atomic mass is 32.1. The molecular formula is C22H27N7O3S. The summed E-state index contributed by atoms with van der Waals surface area (Å²) in [6.45, 7) is 2.89. The van der Waals surface area contributed by atoms with Crippen molar-refractivity contribution in [3.8, 4) is 5.88 Å². The predicted molar refractivity (Wildman–Crippen MR) is 129 cm³/mol. The summed E-state index contributed by atoms with van der Waals surface area (Å²) in [6, 6.07) is 1.75. The van der Waals surface area contributed by atoms with E-state index < -0.39 is 0 Å². The van der Waals surface area contributed by atoms with Gasteiger partial charge in [-0.05, 0) is 37.3 Å². The van der Waals surface area contributed by atoms with E-state index in [2.05, 4.69) is 20.3 Å². The molecule has 33 heavy (non-hydrogen) atoms. The quantitative estimate of drug-likeness (QED) is 0.383. The van der Waals surface area contributed by atoms with Crippen LogP contribution in [0, 0.1) is 5.41 Å². The van der Waals surface area contributed by atoms with Crippen LogP contribution in [0.25, 0.3) is 10.2 Å². The monoisotopic (exact) mass is 469 g/mol. The molecule has 5 rings (SSSR count). The highest BCUT2D eigenvalue weighted by Crippen LogP contribution is 2.39. The number of nitrogens with one attached hydrogen (secondary N) is 2. The minimum absolute atomic E-state index is 0.262. The minimum Gasteiger partial charge on any atom is -0.479 e. The molecule has 0 saturated carbocycles. The lowest BCUT2D eigenvalue weighted by Gasteiger charge is -2.21. The molecule has 1 aliphatic heterocycles. The number of hydrogen-bond donors (Lipinski definition) is 3. The summed E-state index contributed by atoms with van der Waals surface area (Å²) in [5, 5.41) is 11.9. The lowest BCUT2D eigenvalue weighted by molar-refractivity contribution is -0.121. The number of nitrogens with two attached hydrogens (primary N) is 1. The number of carbonyl (C=O) groups excluding carboxylic acids is 1. The van der Waals surface area contributed by atoms with E-state index in [1.165, 1.54) is 29.5 Å². The fraction of sp³-hybridized carbons (Fsp3) is 0.409. The van der Waals surface area contributed by atoms with Crippen molar-refractivity contribution in [2.45, 2.75) is 25.7 Å². The van der Waals surface area contributed by atoms with Crippen LogP contribution in [0.2, 0.25) is 0 Å². The number of ether oxygens (including phenoxy) is 2. The SMILES string of the molecule is COc1nc(N)c(C=N)cc1Nc1ncnc2sc3c(c12)CCCC3.O=CN1CCOCC1. The number of aromatic nitrogens is 3. The highest BCUT2D eigenvalue weighted by Gasteiger charge is 2.21. The van der Waals surface area contributed by atoms with E-state index in [1.54, 1.807) is 35.7 Å². The zero-order valence-corrected chi connectivity index (χ0v) is 19.3. The number of aryl methyl sites for hydroxylation is 2. The molecule has 4 heterocycles. The molecule has 0 atom stereocenters. The first kappa shape index (κ1) is 22.9. The van der Waals surface area contributed by atoms with Gasteiger partial charge in [0.15, 0.2) is 0 Å². The van der Waals surface area contributed by atoms with Crippen LogP contribution < -0.4 is 15.8 Å². The Morgan fingerprint density at radius 3 is 2.76 bits per heavy atom. The number of amides is 1. The molecule has 0 aromatic carbocycles. The number of carbonyl (C=O) groups is 1. The summed E-state index contributed by atoms with van der Waals surface area (Å²) in [4.78, 5) is 27.3. The van der Waals surface area contributed by atoms with E-state index in [1.807, 2.05) is 0 Å². The molecule has 0 bridgehead atoms. The third kappa shape index (κ3) is 5.04. The number of rotatable bonds is 5. The number of nitrogens with zero attached hydrogens (tertiary/aromatic N) is 4. The molecule has 1 saturated heterocycles. The van der Waals surface area contributed by atoms with Gasteiger partial charge >= 0.3 is 0 Å². The molecule has 0 radical (unpaired) electrons. The van der Waals surface area contributed by atoms with Crippen LogP contribution in [0.1, 0.15) is 28.8 Å². The summed E-state index contributed by atoms with van der Waals surface area (Å²) < 4.78 is 10.3. The van der Waals surface area contributed by atoms with Crippen LogP contribution in [-0.2, 0) is 22.4 Å². The first-order valence-electron chi connectivity index (χ1n) is 10.8. The van der Waals surface area contributed by atoms with Crippen LogP contribution >= 0.6 is 11.3 Å². The number of hydrogen-bond acceptors (Lipinski definition) is 10. The average Bonchev–Trinajstić information content (AvgIpc) is 3.25. The van der Waals surface area contributed by atoms with E-state index >= 15 is 0 Å². The van der Waals surface area contributed by atoms with Gasteiger partial charge in [-0.15, -0.1) is 11.3 Å². The van der Waals surface area contributed by atoms with Crippen LogP contribution in [-0.4, -0.2) is 65.9 Å². The Balaban J connectivity index is 0.000000275. The molecule has 1 amide bonds. The van der Waals surface area contributed by atoms with Crippen molar-refractivity contribution >= 4 is 51.5 Å². The predicted octanol–water partition coefficient (Wildman–Crippen LogP) is 2.77. The van der Waals surface area contributed by atoms with Crippen molar-refractivity contribution in [3.63, 3.8) is 0 Å². The van der Waals surface area contributed by atoms with Gasteiger partial charge in [0.25, 0.3) is 0 Å². The van der Waals surface area contributed by atoms with Gasteiger partial charge in [0.2, 0.25) is 12.3 Å². The average molecular weight is 470 g/mol.